The second-order valence-corrected chi connectivity index (χ2v) is 4.03. The van der Waals surface area contributed by atoms with E-state index in [1.165, 1.54) is 5.57 Å². The van der Waals surface area contributed by atoms with Crippen LogP contribution in [0.15, 0.2) is 23.8 Å². The molecule has 0 aromatic heterocycles. The zero-order valence-corrected chi connectivity index (χ0v) is 7.93. The predicted octanol–water partition coefficient (Wildman–Crippen LogP) is 1.65. The van der Waals surface area contributed by atoms with Gasteiger partial charge in [-0.15, -0.1) is 0 Å². The van der Waals surface area contributed by atoms with Gasteiger partial charge in [0.15, 0.2) is 0 Å². The summed E-state index contributed by atoms with van der Waals surface area (Å²) in [6, 6.07) is 0. The molecule has 0 fully saturated rings. The first-order chi connectivity index (χ1) is 5.79. The zero-order valence-electron chi connectivity index (χ0n) is 7.03. The quantitative estimate of drug-likeness (QED) is 0.677. The van der Waals surface area contributed by atoms with E-state index < -0.39 is 10.7 Å². The van der Waals surface area contributed by atoms with Crippen LogP contribution in [0.2, 0.25) is 0 Å². The van der Waals surface area contributed by atoms with Gasteiger partial charge in [0.05, 0.1) is 0 Å². The third-order valence-corrected chi connectivity index (χ3v) is 2.56. The van der Waals surface area contributed by atoms with Crippen molar-refractivity contribution in [3.05, 3.63) is 23.8 Å². The normalized spacial score (nSPS) is 16.6. The van der Waals surface area contributed by atoms with Gasteiger partial charge in [0, 0.05) is 5.75 Å². The smallest absolute Gasteiger partial charge is 0.140 e. The summed E-state index contributed by atoms with van der Waals surface area (Å²) in [5, 5.41) is 0. The van der Waals surface area contributed by atoms with E-state index in [1.54, 1.807) is 0 Å². The van der Waals surface area contributed by atoms with Gasteiger partial charge in [-0.3, -0.25) is 0 Å². The Morgan fingerprint density at radius 2 is 2.17 bits per heavy atom. The van der Waals surface area contributed by atoms with E-state index in [2.05, 4.69) is 18.2 Å². The molecule has 3 heteroatoms. The molecular formula is C9H14O2S. The molecular weight excluding hydrogens is 172 g/mol. The van der Waals surface area contributed by atoms with Crippen LogP contribution < -0.4 is 0 Å². The summed E-state index contributed by atoms with van der Waals surface area (Å²) in [6.07, 6.45) is 10.3. The third kappa shape index (κ3) is 3.72. The first-order valence-electron chi connectivity index (χ1n) is 4.26. The van der Waals surface area contributed by atoms with Crippen LogP contribution in [-0.2, 0) is 10.7 Å². The maximum absolute atomic E-state index is 10.2. The van der Waals surface area contributed by atoms with Crippen molar-refractivity contribution >= 4 is 10.7 Å². The second-order valence-electron chi connectivity index (χ2n) is 2.92. The predicted molar refractivity (Wildman–Crippen MR) is 50.9 cm³/mol. The Hall–Kier alpha value is -0.570. The van der Waals surface area contributed by atoms with E-state index in [-0.39, 0.29) is 0 Å². The topological polar surface area (TPSA) is 34.1 Å². The van der Waals surface area contributed by atoms with Crippen LogP contribution in [0.1, 0.15) is 25.7 Å². The summed E-state index contributed by atoms with van der Waals surface area (Å²) in [7, 11) is -2.18. The molecule has 0 bridgehead atoms. The lowest BCUT2D eigenvalue weighted by Gasteiger charge is -2.04. The van der Waals surface area contributed by atoms with Crippen molar-refractivity contribution < 1.29 is 8.42 Å². The molecule has 0 heterocycles. The van der Waals surface area contributed by atoms with Crippen molar-refractivity contribution in [2.45, 2.75) is 25.7 Å². The van der Waals surface area contributed by atoms with Crippen LogP contribution in [-0.4, -0.2) is 14.2 Å². The minimum absolute atomic E-state index is 0.320. The van der Waals surface area contributed by atoms with Crippen molar-refractivity contribution in [1.82, 2.24) is 0 Å². The Balaban J connectivity index is 2.22. The number of allylic oxidation sites excluding steroid dienone is 4. The molecule has 0 aromatic carbocycles. The fourth-order valence-corrected chi connectivity index (χ4v) is 1.68. The third-order valence-electron chi connectivity index (χ3n) is 1.88. The maximum atomic E-state index is 10.2. The van der Waals surface area contributed by atoms with Crippen LogP contribution in [0, 0.1) is 0 Å². The van der Waals surface area contributed by atoms with Gasteiger partial charge in [-0.2, -0.15) is 0 Å². The molecule has 0 N–H and O–H groups in total. The Bertz CT molecular complexity index is 254. The molecule has 1 aliphatic rings. The van der Waals surface area contributed by atoms with Gasteiger partial charge in [-0.05, 0) is 25.7 Å². The highest BCUT2D eigenvalue weighted by Crippen LogP contribution is 2.14. The highest BCUT2D eigenvalue weighted by Gasteiger charge is 1.97. The van der Waals surface area contributed by atoms with Crippen molar-refractivity contribution in [3.63, 3.8) is 0 Å². The molecule has 68 valence electrons. The van der Waals surface area contributed by atoms with Gasteiger partial charge in [0.25, 0.3) is 0 Å². The van der Waals surface area contributed by atoms with Crippen LogP contribution in [0.4, 0.5) is 0 Å². The van der Waals surface area contributed by atoms with E-state index in [0.717, 1.165) is 25.7 Å². The minimum atomic E-state index is -2.18. The fourth-order valence-electron chi connectivity index (χ4n) is 1.27. The lowest BCUT2D eigenvalue weighted by atomic mass is 10.0. The summed E-state index contributed by atoms with van der Waals surface area (Å²) in [4.78, 5) is 0. The summed E-state index contributed by atoms with van der Waals surface area (Å²) < 4.78 is 20.5. The average molecular weight is 186 g/mol. The summed E-state index contributed by atoms with van der Waals surface area (Å²) in [5.74, 6) is 0.320. The zero-order chi connectivity index (χ0) is 8.81. The van der Waals surface area contributed by atoms with Gasteiger partial charge in [0.2, 0.25) is 0 Å². The first kappa shape index (κ1) is 9.52. The van der Waals surface area contributed by atoms with Gasteiger partial charge >= 0.3 is 0 Å². The molecule has 0 aliphatic heterocycles. The number of thiol groups is 1. The monoisotopic (exact) mass is 186 g/mol. The first-order valence-corrected chi connectivity index (χ1v) is 5.62. The molecule has 0 saturated heterocycles. The van der Waals surface area contributed by atoms with Gasteiger partial charge in [-0.25, -0.2) is 8.42 Å². The molecule has 0 amide bonds. The number of rotatable bonds is 4. The maximum Gasteiger partial charge on any atom is 0.140 e. The number of hydrogen-bond donors (Lipinski definition) is 1. The Kier molecular flexibility index (Phi) is 4.08. The van der Waals surface area contributed by atoms with E-state index in [4.69, 9.17) is 0 Å². The second kappa shape index (κ2) is 5.14. The van der Waals surface area contributed by atoms with Crippen molar-refractivity contribution in [2.24, 2.45) is 0 Å². The fraction of sp³-hybridized carbons (Fsp3) is 0.556. The van der Waals surface area contributed by atoms with Crippen LogP contribution in [0.25, 0.3) is 0 Å². The largest absolute Gasteiger partial charge is 0.232 e. The van der Waals surface area contributed by atoms with Gasteiger partial charge in [-0.1, -0.05) is 23.8 Å². The van der Waals surface area contributed by atoms with E-state index in [0.29, 0.717) is 5.75 Å². The SMILES string of the molecule is O=[SH](=O)CCCC1=CCCC=C1. The van der Waals surface area contributed by atoms with E-state index in [1.807, 2.05) is 0 Å². The molecule has 0 spiro atoms. The summed E-state index contributed by atoms with van der Waals surface area (Å²) in [5.41, 5.74) is 1.29. The number of hydrogen-bond acceptors (Lipinski definition) is 2. The Morgan fingerprint density at radius 3 is 2.75 bits per heavy atom. The van der Waals surface area contributed by atoms with E-state index in [9.17, 15) is 8.42 Å². The molecule has 12 heavy (non-hydrogen) atoms. The van der Waals surface area contributed by atoms with Crippen molar-refractivity contribution in [3.8, 4) is 0 Å². The Morgan fingerprint density at radius 1 is 1.33 bits per heavy atom. The molecule has 1 rings (SSSR count). The van der Waals surface area contributed by atoms with E-state index >= 15 is 0 Å². The highest BCUT2D eigenvalue weighted by molar-refractivity contribution is 7.72. The van der Waals surface area contributed by atoms with Crippen LogP contribution in [0.5, 0.6) is 0 Å². The molecule has 0 saturated carbocycles. The lowest BCUT2D eigenvalue weighted by molar-refractivity contribution is 0.612. The Labute approximate surface area is 74.9 Å². The molecule has 1 aliphatic carbocycles. The standard InChI is InChI=1S/C9H14O2S/c10-12(11)8-4-7-9-5-2-1-3-6-9/h2,5-6,12H,1,3-4,7-8H2. The van der Waals surface area contributed by atoms with Crippen LogP contribution >= 0.6 is 0 Å². The molecule has 0 radical (unpaired) electrons. The highest BCUT2D eigenvalue weighted by atomic mass is 32.2. The molecule has 2 nitrogen and oxygen atoms in total. The summed E-state index contributed by atoms with van der Waals surface area (Å²) in [6.45, 7) is 0. The molecule has 0 atom stereocenters. The summed E-state index contributed by atoms with van der Waals surface area (Å²) >= 11 is 0. The van der Waals surface area contributed by atoms with Crippen molar-refractivity contribution in [1.29, 1.82) is 0 Å². The van der Waals surface area contributed by atoms with Gasteiger partial charge < -0.3 is 0 Å². The average Bonchev–Trinajstić information content (AvgIpc) is 2.05. The minimum Gasteiger partial charge on any atom is -0.232 e. The molecule has 0 unspecified atom stereocenters. The van der Waals surface area contributed by atoms with Crippen LogP contribution in [0.3, 0.4) is 0 Å². The van der Waals surface area contributed by atoms with Gasteiger partial charge in [0.1, 0.15) is 10.7 Å². The lowest BCUT2D eigenvalue weighted by Crippen LogP contribution is -1.90. The molecule has 0 aromatic rings. The van der Waals surface area contributed by atoms with Crippen molar-refractivity contribution in [2.75, 3.05) is 5.75 Å².